The highest BCUT2D eigenvalue weighted by atomic mass is 19.1. The van der Waals surface area contributed by atoms with E-state index in [4.69, 9.17) is 5.73 Å². The minimum atomic E-state index is -0.350. The van der Waals surface area contributed by atoms with Crippen LogP contribution in [-0.4, -0.2) is 22.8 Å². The van der Waals surface area contributed by atoms with Gasteiger partial charge in [-0.2, -0.15) is 0 Å². The molecule has 4 bridgehead atoms. The van der Waals surface area contributed by atoms with Crippen molar-refractivity contribution in [2.75, 3.05) is 0 Å². The molecule has 2 aromatic rings. The van der Waals surface area contributed by atoms with Crippen LogP contribution in [0.4, 0.5) is 4.39 Å². The first-order valence-electron chi connectivity index (χ1n) is 10.5. The molecule has 0 aliphatic heterocycles. The maximum absolute atomic E-state index is 13.9. The quantitative estimate of drug-likeness (QED) is 0.726. The molecular weight excluding hydrogens is 369 g/mol. The summed E-state index contributed by atoms with van der Waals surface area (Å²) in [5, 5.41) is 3.23. The molecule has 4 N–H and O–H groups in total. The van der Waals surface area contributed by atoms with Crippen molar-refractivity contribution in [3.05, 3.63) is 59.2 Å². The Kier molecular flexibility index (Phi) is 4.26. The van der Waals surface area contributed by atoms with E-state index in [2.05, 4.69) is 10.3 Å². The first-order chi connectivity index (χ1) is 13.9. The summed E-state index contributed by atoms with van der Waals surface area (Å²) in [4.78, 5) is 28.1. The van der Waals surface area contributed by atoms with E-state index in [0.29, 0.717) is 35.4 Å². The van der Waals surface area contributed by atoms with Crippen molar-refractivity contribution in [3.8, 4) is 0 Å². The average Bonchev–Trinajstić information content (AvgIpc) is 3.14. The molecule has 1 aromatic carbocycles. The van der Waals surface area contributed by atoms with Crippen molar-refractivity contribution in [2.24, 2.45) is 28.9 Å². The van der Waals surface area contributed by atoms with Crippen LogP contribution in [-0.2, 0) is 11.2 Å². The van der Waals surface area contributed by atoms with Crippen LogP contribution in [0.25, 0.3) is 0 Å². The van der Waals surface area contributed by atoms with Crippen molar-refractivity contribution in [1.82, 2.24) is 10.3 Å². The molecule has 1 aromatic heterocycles. The lowest BCUT2D eigenvalue weighted by atomic mass is 9.47. The van der Waals surface area contributed by atoms with Gasteiger partial charge in [0.25, 0.3) is 5.91 Å². The van der Waals surface area contributed by atoms with E-state index in [0.717, 1.165) is 37.8 Å². The largest absolute Gasteiger partial charge is 0.369 e. The van der Waals surface area contributed by atoms with Gasteiger partial charge in [-0.3, -0.25) is 9.59 Å². The third-order valence-electron chi connectivity index (χ3n) is 7.42. The third kappa shape index (κ3) is 3.15. The number of hydrogen-bond donors (Lipinski definition) is 3. The molecule has 2 unspecified atom stereocenters. The highest BCUT2D eigenvalue weighted by Gasteiger charge is 2.58. The number of rotatable bonds is 5. The summed E-state index contributed by atoms with van der Waals surface area (Å²) in [7, 11) is 0. The molecule has 2 amide bonds. The summed E-state index contributed by atoms with van der Waals surface area (Å²) in [6.07, 6.45) is 5.07. The van der Waals surface area contributed by atoms with Crippen LogP contribution in [0, 0.1) is 29.0 Å². The van der Waals surface area contributed by atoms with Gasteiger partial charge in [-0.25, -0.2) is 4.39 Å². The van der Waals surface area contributed by atoms with Gasteiger partial charge >= 0.3 is 0 Å². The Hall–Kier alpha value is -2.63. The predicted molar refractivity (Wildman–Crippen MR) is 106 cm³/mol. The molecule has 2 atom stereocenters. The van der Waals surface area contributed by atoms with Crippen LogP contribution in [0.3, 0.4) is 0 Å². The second kappa shape index (κ2) is 6.71. The van der Waals surface area contributed by atoms with Crippen LogP contribution in [0.2, 0.25) is 0 Å². The van der Waals surface area contributed by atoms with E-state index in [9.17, 15) is 14.0 Å². The first kappa shape index (κ1) is 18.4. The van der Waals surface area contributed by atoms with Crippen LogP contribution in [0.15, 0.2) is 36.4 Å². The Morgan fingerprint density at radius 2 is 1.83 bits per heavy atom. The van der Waals surface area contributed by atoms with Gasteiger partial charge in [-0.05, 0) is 73.6 Å². The second-order valence-corrected chi connectivity index (χ2v) is 9.28. The number of halogens is 1. The van der Waals surface area contributed by atoms with Crippen molar-refractivity contribution in [2.45, 2.75) is 44.6 Å². The number of hydrogen-bond acceptors (Lipinski definition) is 2. The number of benzene rings is 1. The monoisotopic (exact) mass is 395 g/mol. The predicted octanol–water partition coefficient (Wildman–Crippen LogP) is 3.15. The summed E-state index contributed by atoms with van der Waals surface area (Å²) >= 11 is 0. The summed E-state index contributed by atoms with van der Waals surface area (Å²) in [5.41, 5.74) is 7.29. The van der Waals surface area contributed by atoms with E-state index < -0.39 is 0 Å². The molecule has 4 aliphatic carbocycles. The molecule has 152 valence electrons. The lowest BCUT2D eigenvalue weighted by Gasteiger charge is -2.58. The minimum Gasteiger partial charge on any atom is -0.369 e. The van der Waals surface area contributed by atoms with Gasteiger partial charge in [0.2, 0.25) is 5.91 Å². The lowest BCUT2D eigenvalue weighted by molar-refractivity contribution is -0.145. The zero-order chi connectivity index (χ0) is 20.2. The molecule has 29 heavy (non-hydrogen) atoms. The fraction of sp³-hybridized carbons (Fsp3) is 0.478. The van der Waals surface area contributed by atoms with Gasteiger partial charge in [-0.1, -0.05) is 18.2 Å². The molecule has 5 nitrogen and oxygen atoms in total. The Balaban J connectivity index is 1.28. The number of primary amides is 1. The van der Waals surface area contributed by atoms with Gasteiger partial charge in [0.05, 0.1) is 0 Å². The Morgan fingerprint density at radius 3 is 2.52 bits per heavy atom. The SMILES string of the molecule is NC(=O)C12CC3CC(C1)C(NC(=O)c1ccc(Cc4ccccc4F)[nH]1)C(C3)C2. The highest BCUT2D eigenvalue weighted by Crippen LogP contribution is 2.59. The summed E-state index contributed by atoms with van der Waals surface area (Å²) in [6.45, 7) is 0. The van der Waals surface area contributed by atoms with Crippen LogP contribution in [0.1, 0.15) is 53.8 Å². The van der Waals surface area contributed by atoms with Crippen LogP contribution < -0.4 is 11.1 Å². The molecule has 4 saturated carbocycles. The Morgan fingerprint density at radius 1 is 1.10 bits per heavy atom. The normalized spacial score (nSPS) is 32.3. The highest BCUT2D eigenvalue weighted by molar-refractivity contribution is 5.93. The molecule has 0 spiro atoms. The minimum absolute atomic E-state index is 0.102. The van der Waals surface area contributed by atoms with Gasteiger partial charge in [-0.15, -0.1) is 0 Å². The van der Waals surface area contributed by atoms with Crippen LogP contribution >= 0.6 is 0 Å². The summed E-state index contributed by atoms with van der Waals surface area (Å²) < 4.78 is 13.9. The average molecular weight is 395 g/mol. The maximum Gasteiger partial charge on any atom is 0.267 e. The zero-order valence-electron chi connectivity index (χ0n) is 16.3. The van der Waals surface area contributed by atoms with Gasteiger partial charge in [0.15, 0.2) is 0 Å². The van der Waals surface area contributed by atoms with Gasteiger partial charge < -0.3 is 16.0 Å². The van der Waals surface area contributed by atoms with Gasteiger partial charge in [0.1, 0.15) is 11.5 Å². The van der Waals surface area contributed by atoms with E-state index in [1.54, 1.807) is 24.3 Å². The Labute approximate surface area is 169 Å². The van der Waals surface area contributed by atoms with E-state index in [1.807, 2.05) is 6.07 Å². The van der Waals surface area contributed by atoms with E-state index in [1.165, 1.54) is 6.07 Å². The zero-order valence-corrected chi connectivity index (χ0v) is 16.3. The van der Waals surface area contributed by atoms with Crippen molar-refractivity contribution in [1.29, 1.82) is 0 Å². The topological polar surface area (TPSA) is 88.0 Å². The molecular formula is C23H26FN3O2. The number of aromatic nitrogens is 1. The molecule has 4 aliphatic rings. The van der Waals surface area contributed by atoms with E-state index >= 15 is 0 Å². The van der Waals surface area contributed by atoms with E-state index in [-0.39, 0.29) is 29.1 Å². The number of carbonyl (C=O) groups is 2. The molecule has 4 fully saturated rings. The fourth-order valence-electron chi connectivity index (χ4n) is 6.31. The number of nitrogens with two attached hydrogens (primary N) is 1. The number of aromatic amines is 1. The lowest BCUT2D eigenvalue weighted by Crippen LogP contribution is -2.62. The summed E-state index contributed by atoms with van der Waals surface area (Å²) in [6, 6.07) is 10.4. The number of nitrogens with one attached hydrogen (secondary N) is 2. The Bertz CT molecular complexity index is 953. The number of amides is 2. The third-order valence-corrected chi connectivity index (χ3v) is 7.42. The fourth-order valence-corrected chi connectivity index (χ4v) is 6.31. The number of H-pyrrole nitrogens is 1. The molecule has 0 radical (unpaired) electrons. The molecule has 1 heterocycles. The standard InChI is InChI=1S/C23H26FN3O2/c24-18-4-2-1-3-14(18)9-17-5-6-19(26-17)21(28)27-20-15-7-13-8-16(20)12-23(10-13,11-15)22(25)29/h1-6,13,15-16,20,26H,7-12H2,(H2,25,29)(H,27,28). The first-order valence-corrected chi connectivity index (χ1v) is 10.5. The number of carbonyl (C=O) groups excluding carboxylic acids is 2. The molecule has 6 rings (SSSR count). The van der Waals surface area contributed by atoms with Crippen molar-refractivity contribution >= 4 is 11.8 Å². The molecule has 6 heteroatoms. The smallest absolute Gasteiger partial charge is 0.267 e. The molecule has 0 saturated heterocycles. The van der Waals surface area contributed by atoms with Crippen molar-refractivity contribution in [3.63, 3.8) is 0 Å². The second-order valence-electron chi connectivity index (χ2n) is 9.28. The summed E-state index contributed by atoms with van der Waals surface area (Å²) in [5.74, 6) is 0.673. The maximum atomic E-state index is 13.9. The van der Waals surface area contributed by atoms with Gasteiger partial charge in [0, 0.05) is 23.6 Å². The van der Waals surface area contributed by atoms with Crippen LogP contribution in [0.5, 0.6) is 0 Å². The van der Waals surface area contributed by atoms with Crippen molar-refractivity contribution < 1.29 is 14.0 Å².